The fraction of sp³-hybridized carbons (Fsp3) is 0.793. The molecule has 1 saturated heterocycles. The molecule has 1 aliphatic rings. The van der Waals surface area contributed by atoms with Gasteiger partial charge in [-0.1, -0.05) is 46.4 Å². The van der Waals surface area contributed by atoms with Crippen LogP contribution < -0.4 is 5.56 Å². The third-order valence-electron chi connectivity index (χ3n) is 6.72. The first-order valence-corrected chi connectivity index (χ1v) is 17.0. The van der Waals surface area contributed by atoms with E-state index in [1.165, 1.54) is 11.8 Å². The number of aromatic amines is 1. The van der Waals surface area contributed by atoms with E-state index in [4.69, 9.17) is 18.5 Å². The number of hydrogen-bond donors (Lipinski definition) is 1. The summed E-state index contributed by atoms with van der Waals surface area (Å²) in [5, 5.41) is 0.165. The van der Waals surface area contributed by atoms with Crippen molar-refractivity contribution in [2.75, 3.05) is 25.6 Å². The predicted octanol–water partition coefficient (Wildman–Crippen LogP) is 5.83. The SMILES string of the molecule is Cc1nc2c(ncn2C2CC(OP(OCCOCCSC(=O)C(C)(C)C)N(C(C)C)C(C)C)C(CC(C)C)O2)c(=O)[nH]1. The van der Waals surface area contributed by atoms with Crippen LogP contribution in [0.25, 0.3) is 11.2 Å². The van der Waals surface area contributed by atoms with E-state index < -0.39 is 8.53 Å². The van der Waals surface area contributed by atoms with Crippen LogP contribution in [0.4, 0.5) is 0 Å². The summed E-state index contributed by atoms with van der Waals surface area (Å²) in [5.41, 5.74) is 0.191. The Balaban J connectivity index is 1.70. The van der Waals surface area contributed by atoms with E-state index in [0.717, 1.165) is 6.42 Å². The second kappa shape index (κ2) is 15.5. The number of nitrogens with zero attached hydrogens (tertiary/aromatic N) is 4. The summed E-state index contributed by atoms with van der Waals surface area (Å²) < 4.78 is 29.7. The molecule has 3 heterocycles. The quantitative estimate of drug-likeness (QED) is 0.191. The minimum Gasteiger partial charge on any atom is -0.378 e. The molecule has 0 saturated carbocycles. The Labute approximate surface area is 255 Å². The molecule has 238 valence electrons. The number of fused-ring (bicyclic) bond motifs is 1. The van der Waals surface area contributed by atoms with Gasteiger partial charge in [-0.15, -0.1) is 0 Å². The van der Waals surface area contributed by atoms with Gasteiger partial charge in [-0.3, -0.25) is 14.2 Å². The number of nitrogens with one attached hydrogen (secondary N) is 1. The smallest absolute Gasteiger partial charge is 0.279 e. The maximum Gasteiger partial charge on any atom is 0.279 e. The highest BCUT2D eigenvalue weighted by Gasteiger charge is 2.41. The van der Waals surface area contributed by atoms with Crippen molar-refractivity contribution in [3.05, 3.63) is 22.5 Å². The lowest BCUT2D eigenvalue weighted by Gasteiger charge is -2.37. The van der Waals surface area contributed by atoms with Crippen LogP contribution in [0.5, 0.6) is 0 Å². The molecule has 1 aliphatic heterocycles. The Morgan fingerprint density at radius 1 is 1.19 bits per heavy atom. The minimum atomic E-state index is -1.42. The van der Waals surface area contributed by atoms with Crippen molar-refractivity contribution in [2.24, 2.45) is 11.3 Å². The number of aryl methyl sites for hydroxylation is 1. The molecule has 0 radical (unpaired) electrons. The van der Waals surface area contributed by atoms with Gasteiger partial charge in [0.1, 0.15) is 12.1 Å². The zero-order chi connectivity index (χ0) is 31.2. The first kappa shape index (κ1) is 35.1. The average molecular weight is 628 g/mol. The number of thioether (sulfide) groups is 1. The van der Waals surface area contributed by atoms with Gasteiger partial charge in [0.05, 0.1) is 38.4 Å². The first-order chi connectivity index (χ1) is 19.7. The maximum atomic E-state index is 12.4. The van der Waals surface area contributed by atoms with Crippen LogP contribution in [0.15, 0.2) is 11.1 Å². The van der Waals surface area contributed by atoms with Crippen LogP contribution in [0.2, 0.25) is 0 Å². The normalized spacial score (nSPS) is 20.6. The number of H-pyrrole nitrogens is 1. The van der Waals surface area contributed by atoms with Gasteiger partial charge in [-0.05, 0) is 47.0 Å². The fourth-order valence-electron chi connectivity index (χ4n) is 4.83. The van der Waals surface area contributed by atoms with E-state index in [2.05, 4.69) is 61.2 Å². The molecule has 1 N–H and O–H groups in total. The van der Waals surface area contributed by atoms with Crippen molar-refractivity contribution in [3.63, 3.8) is 0 Å². The largest absolute Gasteiger partial charge is 0.378 e. The van der Waals surface area contributed by atoms with Gasteiger partial charge in [0.15, 0.2) is 16.3 Å². The topological polar surface area (TPSA) is 121 Å². The molecule has 2 aromatic rings. The summed E-state index contributed by atoms with van der Waals surface area (Å²) in [6.07, 6.45) is 2.30. The highest BCUT2D eigenvalue weighted by molar-refractivity contribution is 8.13. The second-order valence-electron chi connectivity index (χ2n) is 12.8. The van der Waals surface area contributed by atoms with Crippen LogP contribution in [-0.4, -0.2) is 79.2 Å². The summed E-state index contributed by atoms with van der Waals surface area (Å²) in [5.74, 6) is 1.55. The van der Waals surface area contributed by atoms with Gasteiger partial charge < -0.3 is 23.5 Å². The molecule has 42 heavy (non-hydrogen) atoms. The van der Waals surface area contributed by atoms with Crippen LogP contribution in [0.3, 0.4) is 0 Å². The molecule has 2 aromatic heterocycles. The lowest BCUT2D eigenvalue weighted by Crippen LogP contribution is -2.36. The van der Waals surface area contributed by atoms with E-state index in [1.54, 1.807) is 13.3 Å². The van der Waals surface area contributed by atoms with E-state index in [1.807, 2.05) is 25.3 Å². The maximum absolute atomic E-state index is 12.4. The summed E-state index contributed by atoms with van der Waals surface area (Å²) in [7, 11) is -1.42. The molecule has 4 unspecified atom stereocenters. The molecule has 13 heteroatoms. The molecular formula is C29H50N5O6PS. The Hall–Kier alpha value is -1.40. The monoisotopic (exact) mass is 627 g/mol. The van der Waals surface area contributed by atoms with Gasteiger partial charge in [0.25, 0.3) is 14.1 Å². The predicted molar refractivity (Wildman–Crippen MR) is 168 cm³/mol. The van der Waals surface area contributed by atoms with Crippen LogP contribution >= 0.6 is 20.3 Å². The number of aromatic nitrogens is 4. The number of hydrogen-bond acceptors (Lipinski definition) is 10. The van der Waals surface area contributed by atoms with Crippen molar-refractivity contribution in [2.45, 2.75) is 113 Å². The third-order valence-corrected chi connectivity index (χ3v) is 10.1. The van der Waals surface area contributed by atoms with Gasteiger partial charge in [-0.2, -0.15) is 0 Å². The Morgan fingerprint density at radius 2 is 1.88 bits per heavy atom. The Bertz CT molecular complexity index is 1210. The zero-order valence-corrected chi connectivity index (χ0v) is 28.6. The fourth-order valence-corrected chi connectivity index (χ4v) is 7.39. The summed E-state index contributed by atoms with van der Waals surface area (Å²) in [4.78, 5) is 36.1. The van der Waals surface area contributed by atoms with Gasteiger partial charge in [0.2, 0.25) is 0 Å². The van der Waals surface area contributed by atoms with Gasteiger partial charge >= 0.3 is 0 Å². The number of rotatable bonds is 15. The third kappa shape index (κ3) is 9.55. The summed E-state index contributed by atoms with van der Waals surface area (Å²) in [6.45, 7) is 21.7. The Morgan fingerprint density at radius 3 is 2.50 bits per heavy atom. The van der Waals surface area contributed by atoms with Crippen molar-refractivity contribution < 1.29 is 23.3 Å². The van der Waals surface area contributed by atoms with Crippen molar-refractivity contribution >= 4 is 36.6 Å². The van der Waals surface area contributed by atoms with Crippen molar-refractivity contribution in [3.8, 4) is 0 Å². The summed E-state index contributed by atoms with van der Waals surface area (Å²) in [6, 6.07) is 0.407. The molecule has 1 fully saturated rings. The number of carbonyl (C=O) groups excluding carboxylic acids is 1. The van der Waals surface area contributed by atoms with Crippen LogP contribution in [-0.2, 0) is 23.3 Å². The van der Waals surface area contributed by atoms with E-state index >= 15 is 0 Å². The molecule has 4 atom stereocenters. The lowest BCUT2D eigenvalue weighted by atomic mass is 10.00. The lowest BCUT2D eigenvalue weighted by molar-refractivity contribution is -0.117. The molecule has 0 bridgehead atoms. The highest BCUT2D eigenvalue weighted by atomic mass is 32.2. The number of imidazole rings is 1. The molecule has 0 spiro atoms. The van der Waals surface area contributed by atoms with Crippen molar-refractivity contribution in [1.82, 2.24) is 24.2 Å². The number of ether oxygens (including phenoxy) is 2. The van der Waals surface area contributed by atoms with Gasteiger partial charge in [-0.25, -0.2) is 14.6 Å². The van der Waals surface area contributed by atoms with E-state index in [9.17, 15) is 9.59 Å². The molecule has 0 aromatic carbocycles. The minimum absolute atomic E-state index is 0.154. The molecule has 0 aliphatic carbocycles. The van der Waals surface area contributed by atoms with E-state index in [-0.39, 0.29) is 46.6 Å². The molecule has 0 amide bonds. The summed E-state index contributed by atoms with van der Waals surface area (Å²) >= 11 is 1.31. The van der Waals surface area contributed by atoms with E-state index in [0.29, 0.717) is 54.9 Å². The molecule has 11 nitrogen and oxygen atoms in total. The Kier molecular flexibility index (Phi) is 13.0. The number of carbonyl (C=O) groups is 1. The van der Waals surface area contributed by atoms with Crippen LogP contribution in [0.1, 0.15) is 87.2 Å². The molecule has 3 rings (SSSR count). The van der Waals surface area contributed by atoms with Gasteiger partial charge in [0, 0.05) is 29.7 Å². The standard InChI is InChI=1S/C29H50N5O6PS/c1-18(2)15-22-23(16-24(39-22)33-17-30-25-26(33)31-21(7)32-27(25)35)40-41(34(19(3)4)20(5)6)38-12-11-37-13-14-42-28(36)29(8,9)10/h17-20,22-24H,11-16H2,1-10H3,(H,31,32,35). The van der Waals surface area contributed by atoms with Crippen LogP contribution in [0, 0.1) is 18.3 Å². The second-order valence-corrected chi connectivity index (χ2v) is 15.2. The van der Waals surface area contributed by atoms with Crippen molar-refractivity contribution in [1.29, 1.82) is 0 Å². The molecular weight excluding hydrogens is 577 g/mol. The first-order valence-electron chi connectivity index (χ1n) is 14.9. The average Bonchev–Trinajstić information content (AvgIpc) is 3.45. The zero-order valence-electron chi connectivity index (χ0n) is 26.9. The highest BCUT2D eigenvalue weighted by Crippen LogP contribution is 2.50.